The normalized spacial score (nSPS) is 16.5. The van der Waals surface area contributed by atoms with Gasteiger partial charge in [0.25, 0.3) is 0 Å². The number of aliphatic imine (C=N–C) groups is 1. The van der Waals surface area contributed by atoms with Crippen LogP contribution in [0.1, 0.15) is 0 Å². The molecule has 0 spiro atoms. The minimum Gasteiger partial charge on any atom is -0.383 e. The van der Waals surface area contributed by atoms with E-state index in [1.807, 2.05) is 0 Å². The number of hydrogen-bond acceptors (Lipinski definition) is 5. The summed E-state index contributed by atoms with van der Waals surface area (Å²) in [6.45, 7) is 9.23. The Morgan fingerprint density at radius 3 is 2.55 bits per heavy atom. The Hall–Kier alpha value is -0.160. The van der Waals surface area contributed by atoms with E-state index in [1.54, 1.807) is 14.2 Å². The van der Waals surface area contributed by atoms with Crippen LogP contribution in [0.5, 0.6) is 0 Å². The van der Waals surface area contributed by atoms with Crippen LogP contribution in [0, 0.1) is 0 Å². The summed E-state index contributed by atoms with van der Waals surface area (Å²) in [5.74, 6) is 0.864. The molecular weight excluding hydrogens is 397 g/mol. The van der Waals surface area contributed by atoms with E-state index in [0.717, 1.165) is 71.6 Å². The molecule has 1 heterocycles. The second-order valence-electron chi connectivity index (χ2n) is 5.18. The van der Waals surface area contributed by atoms with Crippen LogP contribution in [0.25, 0.3) is 0 Å². The second kappa shape index (κ2) is 14.4. The highest BCUT2D eigenvalue weighted by Crippen LogP contribution is 1.94. The van der Waals surface area contributed by atoms with Gasteiger partial charge in [-0.1, -0.05) is 0 Å². The summed E-state index contributed by atoms with van der Waals surface area (Å²) < 4.78 is 10.4. The lowest BCUT2D eigenvalue weighted by Crippen LogP contribution is -2.45. The second-order valence-corrected chi connectivity index (χ2v) is 5.18. The predicted octanol–water partition coefficient (Wildman–Crippen LogP) is -0.320. The summed E-state index contributed by atoms with van der Waals surface area (Å²) in [7, 11) is 5.63. The Morgan fingerprint density at radius 2 is 1.91 bits per heavy atom. The van der Waals surface area contributed by atoms with Crippen LogP contribution in [-0.2, 0) is 9.47 Å². The molecule has 0 saturated carbocycles. The van der Waals surface area contributed by atoms with Crippen molar-refractivity contribution < 1.29 is 9.47 Å². The number of nitrogens with one attached hydrogen (secondary N) is 2. The SMILES string of the molecule is CN=C(NCCN(C)CCOC)NCCN1CCOCC1.I. The van der Waals surface area contributed by atoms with Gasteiger partial charge in [0.1, 0.15) is 0 Å². The van der Waals surface area contributed by atoms with Gasteiger partial charge in [0, 0.05) is 60.0 Å². The molecule has 0 aromatic rings. The molecule has 1 saturated heterocycles. The lowest BCUT2D eigenvalue weighted by molar-refractivity contribution is 0.0389. The number of guanidine groups is 1. The molecule has 0 bridgehead atoms. The van der Waals surface area contributed by atoms with Gasteiger partial charge >= 0.3 is 0 Å². The standard InChI is InChI=1S/C14H31N5O2.HI/c1-15-14(16-4-6-18(2)8-11-20-3)17-5-7-19-9-12-21-13-10-19;/h4-13H2,1-3H3,(H2,15,16,17);1H. The van der Waals surface area contributed by atoms with Gasteiger partial charge in [0.2, 0.25) is 0 Å². The third-order valence-corrected chi connectivity index (χ3v) is 3.51. The van der Waals surface area contributed by atoms with Gasteiger partial charge < -0.3 is 25.0 Å². The Kier molecular flexibility index (Phi) is 14.3. The Bertz CT molecular complexity index is 288. The van der Waals surface area contributed by atoms with Crippen molar-refractivity contribution in [2.24, 2.45) is 4.99 Å². The molecule has 1 aliphatic heterocycles. The summed E-state index contributed by atoms with van der Waals surface area (Å²) >= 11 is 0. The summed E-state index contributed by atoms with van der Waals surface area (Å²) in [6.07, 6.45) is 0. The molecule has 0 radical (unpaired) electrons. The molecule has 2 N–H and O–H groups in total. The number of morpholine rings is 1. The molecule has 22 heavy (non-hydrogen) atoms. The molecule has 1 rings (SSSR count). The molecule has 1 fully saturated rings. The first kappa shape index (κ1) is 21.8. The first-order valence-electron chi connectivity index (χ1n) is 7.68. The molecule has 1 aliphatic rings. The molecule has 0 atom stereocenters. The minimum atomic E-state index is 0. The van der Waals surface area contributed by atoms with Crippen molar-refractivity contribution in [2.75, 3.05) is 86.8 Å². The smallest absolute Gasteiger partial charge is 0.191 e. The fraction of sp³-hybridized carbons (Fsp3) is 0.929. The summed E-state index contributed by atoms with van der Waals surface area (Å²) in [5, 5.41) is 6.67. The van der Waals surface area contributed by atoms with Crippen molar-refractivity contribution in [3.63, 3.8) is 0 Å². The van der Waals surface area contributed by atoms with E-state index in [2.05, 4.69) is 32.5 Å². The third kappa shape index (κ3) is 10.5. The number of methoxy groups -OCH3 is 1. The Balaban J connectivity index is 0.00000441. The van der Waals surface area contributed by atoms with E-state index >= 15 is 0 Å². The molecule has 7 nitrogen and oxygen atoms in total. The van der Waals surface area contributed by atoms with Crippen LogP contribution in [-0.4, -0.2) is 103 Å². The van der Waals surface area contributed by atoms with E-state index in [1.165, 1.54) is 0 Å². The molecule has 0 aromatic carbocycles. The number of ether oxygens (including phenoxy) is 2. The van der Waals surface area contributed by atoms with Crippen LogP contribution in [0.15, 0.2) is 4.99 Å². The van der Waals surface area contributed by atoms with Gasteiger partial charge in [-0.3, -0.25) is 9.89 Å². The van der Waals surface area contributed by atoms with Gasteiger partial charge in [0.15, 0.2) is 5.96 Å². The lowest BCUT2D eigenvalue weighted by Gasteiger charge is -2.26. The maximum atomic E-state index is 5.34. The van der Waals surface area contributed by atoms with Crippen LogP contribution in [0.3, 0.4) is 0 Å². The fourth-order valence-electron chi connectivity index (χ4n) is 2.10. The zero-order chi connectivity index (χ0) is 15.3. The molecule has 132 valence electrons. The fourth-order valence-corrected chi connectivity index (χ4v) is 2.10. The maximum absolute atomic E-state index is 5.34. The largest absolute Gasteiger partial charge is 0.383 e. The number of likely N-dealkylation sites (N-methyl/N-ethyl adjacent to an activating group) is 1. The van der Waals surface area contributed by atoms with Crippen molar-refractivity contribution in [1.82, 2.24) is 20.4 Å². The van der Waals surface area contributed by atoms with E-state index < -0.39 is 0 Å². The topological polar surface area (TPSA) is 61.4 Å². The average molecular weight is 429 g/mol. The van der Waals surface area contributed by atoms with Gasteiger partial charge in [-0.05, 0) is 7.05 Å². The summed E-state index contributed by atoms with van der Waals surface area (Å²) in [6, 6.07) is 0. The molecule has 0 unspecified atom stereocenters. The van der Waals surface area contributed by atoms with Crippen molar-refractivity contribution >= 4 is 29.9 Å². The van der Waals surface area contributed by atoms with E-state index in [0.29, 0.717) is 0 Å². The third-order valence-electron chi connectivity index (χ3n) is 3.51. The van der Waals surface area contributed by atoms with Crippen LogP contribution in [0.4, 0.5) is 0 Å². The van der Waals surface area contributed by atoms with Gasteiger partial charge in [-0.25, -0.2) is 0 Å². The molecule has 8 heteroatoms. The zero-order valence-electron chi connectivity index (χ0n) is 14.1. The predicted molar refractivity (Wildman–Crippen MR) is 101 cm³/mol. The van der Waals surface area contributed by atoms with Gasteiger partial charge in [0.05, 0.1) is 19.8 Å². The Morgan fingerprint density at radius 1 is 1.23 bits per heavy atom. The van der Waals surface area contributed by atoms with E-state index in [9.17, 15) is 0 Å². The summed E-state index contributed by atoms with van der Waals surface area (Å²) in [4.78, 5) is 8.88. The zero-order valence-corrected chi connectivity index (χ0v) is 16.5. The van der Waals surface area contributed by atoms with Crippen molar-refractivity contribution in [1.29, 1.82) is 0 Å². The number of rotatable bonds is 9. The van der Waals surface area contributed by atoms with E-state index in [4.69, 9.17) is 9.47 Å². The number of halogens is 1. The average Bonchev–Trinajstić information content (AvgIpc) is 2.52. The highest BCUT2D eigenvalue weighted by Gasteiger charge is 2.09. The van der Waals surface area contributed by atoms with E-state index in [-0.39, 0.29) is 24.0 Å². The molecule has 0 aliphatic carbocycles. The molecule has 0 amide bonds. The highest BCUT2D eigenvalue weighted by molar-refractivity contribution is 14.0. The van der Waals surface area contributed by atoms with Crippen molar-refractivity contribution in [3.05, 3.63) is 0 Å². The highest BCUT2D eigenvalue weighted by atomic mass is 127. The number of hydrogen-bond donors (Lipinski definition) is 2. The van der Waals surface area contributed by atoms with Gasteiger partial charge in [-0.2, -0.15) is 0 Å². The first-order chi connectivity index (χ1) is 10.3. The van der Waals surface area contributed by atoms with Crippen molar-refractivity contribution in [3.8, 4) is 0 Å². The van der Waals surface area contributed by atoms with Gasteiger partial charge in [-0.15, -0.1) is 24.0 Å². The quantitative estimate of drug-likeness (QED) is 0.298. The number of nitrogens with zero attached hydrogens (tertiary/aromatic N) is 3. The monoisotopic (exact) mass is 429 g/mol. The van der Waals surface area contributed by atoms with Crippen LogP contribution < -0.4 is 10.6 Å². The Labute approximate surface area is 151 Å². The molecular formula is C14H32IN5O2. The summed E-state index contributed by atoms with van der Waals surface area (Å²) in [5.41, 5.74) is 0. The minimum absolute atomic E-state index is 0. The maximum Gasteiger partial charge on any atom is 0.191 e. The molecule has 0 aromatic heterocycles. The van der Waals surface area contributed by atoms with Crippen LogP contribution in [0.2, 0.25) is 0 Å². The van der Waals surface area contributed by atoms with Crippen molar-refractivity contribution in [2.45, 2.75) is 0 Å². The lowest BCUT2D eigenvalue weighted by atomic mass is 10.4. The van der Waals surface area contributed by atoms with Crippen LogP contribution >= 0.6 is 24.0 Å². The first-order valence-corrected chi connectivity index (χ1v) is 7.68.